The average molecular weight is 283 g/mol. The highest BCUT2D eigenvalue weighted by molar-refractivity contribution is 5.97. The number of nitrogens with zero attached hydrogens (tertiary/aromatic N) is 1. The monoisotopic (exact) mass is 283 g/mol. The number of likely N-dealkylation sites (tertiary alicyclic amines) is 1. The number of para-hydroxylation sites is 1. The summed E-state index contributed by atoms with van der Waals surface area (Å²) in [6.07, 6.45) is 1.98. The summed E-state index contributed by atoms with van der Waals surface area (Å²) in [6.45, 7) is -2.44. The van der Waals surface area contributed by atoms with E-state index in [0.29, 0.717) is 0 Å². The summed E-state index contributed by atoms with van der Waals surface area (Å²) in [5.74, 6) is -0.236. The molecule has 1 aromatic carbocycles. The maximum Gasteiger partial charge on any atom is 0.387 e. The van der Waals surface area contributed by atoms with E-state index in [-0.39, 0.29) is 36.2 Å². The summed E-state index contributed by atoms with van der Waals surface area (Å²) in [5.41, 5.74) is -0.681. The molecule has 108 valence electrons. The summed E-state index contributed by atoms with van der Waals surface area (Å²) in [5, 5.41) is 10.2. The van der Waals surface area contributed by atoms with E-state index in [4.69, 9.17) is 0 Å². The van der Waals surface area contributed by atoms with Crippen molar-refractivity contribution in [1.82, 2.24) is 4.90 Å². The SMILES string of the molecule is O=C(c1ccccc1OC(F)F)N1CC(O)(C2CC2)C1. The lowest BCUT2D eigenvalue weighted by molar-refractivity contribution is -0.0962. The van der Waals surface area contributed by atoms with Gasteiger partial charge in [-0.25, -0.2) is 0 Å². The largest absolute Gasteiger partial charge is 0.434 e. The van der Waals surface area contributed by atoms with Crippen LogP contribution < -0.4 is 4.74 Å². The van der Waals surface area contributed by atoms with E-state index < -0.39 is 12.2 Å². The lowest BCUT2D eigenvalue weighted by atomic mass is 9.88. The zero-order valence-corrected chi connectivity index (χ0v) is 10.8. The zero-order chi connectivity index (χ0) is 14.3. The Hall–Kier alpha value is -1.69. The van der Waals surface area contributed by atoms with Gasteiger partial charge in [0.25, 0.3) is 5.91 Å². The van der Waals surface area contributed by atoms with E-state index in [1.54, 1.807) is 6.07 Å². The number of hydrogen-bond acceptors (Lipinski definition) is 3. The minimum atomic E-state index is -2.97. The molecule has 20 heavy (non-hydrogen) atoms. The second-order valence-electron chi connectivity index (χ2n) is 5.41. The van der Waals surface area contributed by atoms with Crippen LogP contribution in [-0.4, -0.2) is 41.2 Å². The molecule has 1 heterocycles. The number of rotatable bonds is 4. The van der Waals surface area contributed by atoms with Gasteiger partial charge >= 0.3 is 6.61 Å². The summed E-state index contributed by atoms with van der Waals surface area (Å²) in [6, 6.07) is 5.92. The summed E-state index contributed by atoms with van der Waals surface area (Å²) in [7, 11) is 0. The van der Waals surface area contributed by atoms with Crippen LogP contribution in [0.1, 0.15) is 23.2 Å². The van der Waals surface area contributed by atoms with Crippen LogP contribution in [0.4, 0.5) is 8.78 Å². The fraction of sp³-hybridized carbons (Fsp3) is 0.500. The van der Waals surface area contributed by atoms with Gasteiger partial charge in [-0.05, 0) is 30.9 Å². The first-order valence-electron chi connectivity index (χ1n) is 6.55. The Morgan fingerprint density at radius 2 is 2.00 bits per heavy atom. The van der Waals surface area contributed by atoms with Crippen molar-refractivity contribution in [2.24, 2.45) is 5.92 Å². The molecule has 0 bridgehead atoms. The van der Waals surface area contributed by atoms with Crippen LogP contribution in [0.2, 0.25) is 0 Å². The van der Waals surface area contributed by atoms with E-state index >= 15 is 0 Å². The van der Waals surface area contributed by atoms with Crippen LogP contribution >= 0.6 is 0 Å². The molecule has 0 radical (unpaired) electrons. The normalized spacial score (nSPS) is 20.7. The van der Waals surface area contributed by atoms with Gasteiger partial charge < -0.3 is 14.7 Å². The first-order chi connectivity index (χ1) is 9.49. The van der Waals surface area contributed by atoms with Gasteiger partial charge in [-0.3, -0.25) is 4.79 Å². The van der Waals surface area contributed by atoms with E-state index in [1.807, 2.05) is 0 Å². The third-order valence-corrected chi connectivity index (χ3v) is 3.89. The number of benzene rings is 1. The number of halogens is 2. The molecule has 0 spiro atoms. The molecular weight excluding hydrogens is 268 g/mol. The lowest BCUT2D eigenvalue weighted by Crippen LogP contribution is -2.64. The van der Waals surface area contributed by atoms with Crippen LogP contribution in [0.25, 0.3) is 0 Å². The molecule has 1 saturated heterocycles. The first kappa shape index (κ1) is 13.3. The van der Waals surface area contributed by atoms with Crippen LogP contribution in [0.15, 0.2) is 24.3 Å². The van der Waals surface area contributed by atoms with Gasteiger partial charge in [-0.1, -0.05) is 12.1 Å². The third-order valence-electron chi connectivity index (χ3n) is 3.89. The van der Waals surface area contributed by atoms with Crippen molar-refractivity contribution in [2.45, 2.75) is 25.1 Å². The maximum atomic E-state index is 12.3. The van der Waals surface area contributed by atoms with Gasteiger partial charge in [0.05, 0.1) is 18.7 Å². The number of carbonyl (C=O) groups excluding carboxylic acids is 1. The van der Waals surface area contributed by atoms with Crippen LogP contribution in [0, 0.1) is 5.92 Å². The first-order valence-corrected chi connectivity index (χ1v) is 6.55. The fourth-order valence-electron chi connectivity index (χ4n) is 2.65. The predicted octanol–water partition coefficient (Wildman–Crippen LogP) is 1.88. The molecule has 2 fully saturated rings. The standard InChI is InChI=1S/C14H15F2NO3/c15-13(16)20-11-4-2-1-3-10(11)12(18)17-7-14(19,8-17)9-5-6-9/h1-4,9,13,19H,5-8H2. The van der Waals surface area contributed by atoms with Gasteiger partial charge in [0.15, 0.2) is 0 Å². The molecule has 1 aliphatic heterocycles. The van der Waals surface area contributed by atoms with E-state index in [2.05, 4.69) is 4.74 Å². The summed E-state index contributed by atoms with van der Waals surface area (Å²) in [4.78, 5) is 13.7. The predicted molar refractivity (Wildman–Crippen MR) is 66.7 cm³/mol. The molecule has 3 rings (SSSR count). The molecule has 1 N–H and O–H groups in total. The highest BCUT2D eigenvalue weighted by Gasteiger charge is 2.53. The van der Waals surface area contributed by atoms with Crippen molar-refractivity contribution in [3.63, 3.8) is 0 Å². The highest BCUT2D eigenvalue weighted by atomic mass is 19.3. The molecule has 0 unspecified atom stereocenters. The molecule has 0 aromatic heterocycles. The molecular formula is C14H15F2NO3. The van der Waals surface area contributed by atoms with Gasteiger partial charge in [-0.2, -0.15) is 8.78 Å². The molecule has 0 atom stereocenters. The smallest absolute Gasteiger partial charge is 0.387 e. The number of ether oxygens (including phenoxy) is 1. The zero-order valence-electron chi connectivity index (χ0n) is 10.8. The Labute approximate surface area is 114 Å². The number of hydrogen-bond donors (Lipinski definition) is 1. The second kappa shape index (κ2) is 4.70. The minimum absolute atomic E-state index is 0.102. The van der Waals surface area contributed by atoms with Crippen molar-refractivity contribution < 1.29 is 23.4 Å². The Morgan fingerprint density at radius 1 is 1.35 bits per heavy atom. The van der Waals surface area contributed by atoms with E-state index in [0.717, 1.165) is 12.8 Å². The van der Waals surface area contributed by atoms with Crippen molar-refractivity contribution in [1.29, 1.82) is 0 Å². The van der Waals surface area contributed by atoms with Gasteiger partial charge in [0, 0.05) is 0 Å². The van der Waals surface area contributed by atoms with Gasteiger partial charge in [-0.15, -0.1) is 0 Å². The van der Waals surface area contributed by atoms with E-state index in [9.17, 15) is 18.7 Å². The van der Waals surface area contributed by atoms with Crippen molar-refractivity contribution >= 4 is 5.91 Å². The van der Waals surface area contributed by atoms with Crippen LogP contribution in [0.5, 0.6) is 5.75 Å². The third kappa shape index (κ3) is 2.35. The van der Waals surface area contributed by atoms with Crippen molar-refractivity contribution in [3.8, 4) is 5.75 Å². The maximum absolute atomic E-state index is 12.3. The second-order valence-corrected chi connectivity index (χ2v) is 5.41. The van der Waals surface area contributed by atoms with Crippen LogP contribution in [-0.2, 0) is 0 Å². The number of carbonyl (C=O) groups is 1. The van der Waals surface area contributed by atoms with Crippen LogP contribution in [0.3, 0.4) is 0 Å². The van der Waals surface area contributed by atoms with Crippen molar-refractivity contribution in [3.05, 3.63) is 29.8 Å². The summed E-state index contributed by atoms with van der Waals surface area (Å²) < 4.78 is 29.0. The Balaban J connectivity index is 1.72. The molecule has 1 aliphatic carbocycles. The minimum Gasteiger partial charge on any atom is -0.434 e. The van der Waals surface area contributed by atoms with Crippen molar-refractivity contribution in [2.75, 3.05) is 13.1 Å². The lowest BCUT2D eigenvalue weighted by Gasteiger charge is -2.47. The Kier molecular flexibility index (Phi) is 3.12. The molecule has 2 aliphatic rings. The number of amides is 1. The molecule has 1 aromatic rings. The Bertz CT molecular complexity index is 525. The molecule has 6 heteroatoms. The summed E-state index contributed by atoms with van der Waals surface area (Å²) >= 11 is 0. The number of β-amino-alcohol motifs (C(OH)–C–C–N with tert-alkyl or cyclic N) is 1. The molecule has 1 amide bonds. The quantitative estimate of drug-likeness (QED) is 0.918. The molecule has 1 saturated carbocycles. The highest BCUT2D eigenvalue weighted by Crippen LogP contribution is 2.45. The van der Waals surface area contributed by atoms with Gasteiger partial charge in [0.1, 0.15) is 11.4 Å². The van der Waals surface area contributed by atoms with E-state index in [1.165, 1.54) is 23.1 Å². The topological polar surface area (TPSA) is 49.8 Å². The average Bonchev–Trinajstić information content (AvgIpc) is 3.18. The molecule has 4 nitrogen and oxygen atoms in total. The number of alkyl halides is 2. The van der Waals surface area contributed by atoms with Gasteiger partial charge in [0.2, 0.25) is 0 Å². The number of aliphatic hydroxyl groups is 1. The fourth-order valence-corrected chi connectivity index (χ4v) is 2.65. The Morgan fingerprint density at radius 3 is 2.60 bits per heavy atom.